The van der Waals surface area contributed by atoms with Crippen molar-refractivity contribution in [3.63, 3.8) is 0 Å². The van der Waals surface area contributed by atoms with Crippen LogP contribution in [-0.2, 0) is 23.9 Å². The first-order valence-electron chi connectivity index (χ1n) is 20.3. The molecule has 1 aromatic heterocycles. The average Bonchev–Trinajstić information content (AvgIpc) is 3.94. The first-order chi connectivity index (χ1) is 27.2. The Morgan fingerprint density at radius 2 is 1.62 bits per heavy atom. The molecule has 3 heterocycles. The number of fused-ring (bicyclic) bond motifs is 1. The average molecular weight is 770 g/mol. The van der Waals surface area contributed by atoms with E-state index in [2.05, 4.69) is 10.3 Å². The van der Waals surface area contributed by atoms with E-state index in [1.807, 2.05) is 67.3 Å². The molecule has 1 saturated carbocycles. The third kappa shape index (κ3) is 10.6. The lowest BCUT2D eigenvalue weighted by Gasteiger charge is -2.36. The SMILES string of the molecule is CCCCOC(=O)N1CCN(C(=O)[C@H](CCC(=O)OCC2CCCC2)NC(=O)c2cc(OCC(=O)N3CCC[C@H]3c3ccccc3)c3ccc(C)cc3n2)CC1. The summed E-state index contributed by atoms with van der Waals surface area (Å²) in [7, 11) is 0. The van der Waals surface area contributed by atoms with Gasteiger partial charge in [0, 0.05) is 50.6 Å². The van der Waals surface area contributed by atoms with Crippen LogP contribution < -0.4 is 10.1 Å². The minimum absolute atomic E-state index is 0.00939. The molecule has 0 spiro atoms. The van der Waals surface area contributed by atoms with Gasteiger partial charge in [0.1, 0.15) is 17.5 Å². The number of ether oxygens (including phenoxy) is 3. The number of likely N-dealkylation sites (tertiary alicyclic amines) is 1. The summed E-state index contributed by atoms with van der Waals surface area (Å²) < 4.78 is 17.1. The number of unbranched alkanes of at least 4 members (excludes halogenated alkanes) is 1. The minimum atomic E-state index is -1.06. The monoisotopic (exact) mass is 769 g/mol. The number of benzene rings is 2. The second-order valence-electron chi connectivity index (χ2n) is 15.1. The Morgan fingerprint density at radius 1 is 0.875 bits per heavy atom. The number of piperazine rings is 1. The predicted octanol–water partition coefficient (Wildman–Crippen LogP) is 5.98. The van der Waals surface area contributed by atoms with E-state index < -0.39 is 24.0 Å². The van der Waals surface area contributed by atoms with Crippen LogP contribution in [0.4, 0.5) is 4.79 Å². The number of pyridine rings is 1. The van der Waals surface area contributed by atoms with Gasteiger partial charge < -0.3 is 34.2 Å². The Labute approximate surface area is 329 Å². The molecule has 2 aromatic carbocycles. The van der Waals surface area contributed by atoms with Gasteiger partial charge in [-0.25, -0.2) is 9.78 Å². The zero-order valence-electron chi connectivity index (χ0n) is 32.7. The van der Waals surface area contributed by atoms with Crippen LogP contribution in [0.15, 0.2) is 54.6 Å². The largest absolute Gasteiger partial charge is 0.483 e. The van der Waals surface area contributed by atoms with Crippen molar-refractivity contribution in [2.75, 3.05) is 52.5 Å². The van der Waals surface area contributed by atoms with Crippen molar-refractivity contribution in [1.82, 2.24) is 25.0 Å². The Hall–Kier alpha value is -5.20. The van der Waals surface area contributed by atoms with Crippen molar-refractivity contribution in [1.29, 1.82) is 0 Å². The molecule has 3 fully saturated rings. The molecule has 3 aliphatic rings. The van der Waals surface area contributed by atoms with Crippen molar-refractivity contribution in [3.05, 3.63) is 71.4 Å². The first-order valence-corrected chi connectivity index (χ1v) is 20.3. The molecule has 2 saturated heterocycles. The van der Waals surface area contributed by atoms with E-state index in [9.17, 15) is 24.0 Å². The normalized spacial score (nSPS) is 17.8. The predicted molar refractivity (Wildman–Crippen MR) is 210 cm³/mol. The Morgan fingerprint density at radius 3 is 2.38 bits per heavy atom. The fourth-order valence-corrected chi connectivity index (χ4v) is 7.79. The van der Waals surface area contributed by atoms with Gasteiger partial charge in [0.2, 0.25) is 5.91 Å². The maximum Gasteiger partial charge on any atom is 0.409 e. The molecule has 3 aromatic rings. The van der Waals surface area contributed by atoms with Gasteiger partial charge in [0.25, 0.3) is 11.8 Å². The summed E-state index contributed by atoms with van der Waals surface area (Å²) in [5, 5.41) is 3.50. The molecule has 1 aliphatic carbocycles. The third-order valence-corrected chi connectivity index (χ3v) is 11.0. The molecule has 56 heavy (non-hydrogen) atoms. The second-order valence-corrected chi connectivity index (χ2v) is 15.1. The summed E-state index contributed by atoms with van der Waals surface area (Å²) in [6, 6.07) is 16.0. The fourth-order valence-electron chi connectivity index (χ4n) is 7.79. The summed E-state index contributed by atoms with van der Waals surface area (Å²) in [5.41, 5.74) is 2.52. The van der Waals surface area contributed by atoms with Crippen molar-refractivity contribution in [3.8, 4) is 5.75 Å². The zero-order valence-corrected chi connectivity index (χ0v) is 32.7. The first kappa shape index (κ1) is 40.5. The lowest BCUT2D eigenvalue weighted by Crippen LogP contribution is -2.56. The van der Waals surface area contributed by atoms with Gasteiger partial charge in [-0.3, -0.25) is 19.2 Å². The number of carbonyl (C=O) groups excluding carboxylic acids is 5. The van der Waals surface area contributed by atoms with Gasteiger partial charge in [-0.1, -0.05) is 62.6 Å². The van der Waals surface area contributed by atoms with Gasteiger partial charge in [-0.15, -0.1) is 0 Å². The maximum atomic E-state index is 14.0. The molecule has 4 amide bonds. The molecule has 2 atom stereocenters. The smallest absolute Gasteiger partial charge is 0.409 e. The van der Waals surface area contributed by atoms with E-state index in [0.29, 0.717) is 42.3 Å². The molecule has 0 unspecified atom stereocenters. The van der Waals surface area contributed by atoms with Gasteiger partial charge in [-0.2, -0.15) is 0 Å². The van der Waals surface area contributed by atoms with Gasteiger partial charge in [-0.05, 0) is 74.6 Å². The number of rotatable bonds is 15. The number of aryl methyl sites for hydroxylation is 1. The second kappa shape index (κ2) is 19.6. The third-order valence-electron chi connectivity index (χ3n) is 11.0. The number of nitrogens with one attached hydrogen (secondary N) is 1. The van der Waals surface area contributed by atoms with E-state index in [1.54, 1.807) is 9.80 Å². The number of carbonyl (C=O) groups is 5. The number of esters is 1. The lowest BCUT2D eigenvalue weighted by molar-refractivity contribution is -0.145. The molecule has 6 rings (SSSR count). The summed E-state index contributed by atoms with van der Waals surface area (Å²) in [4.78, 5) is 76.7. The van der Waals surface area contributed by atoms with E-state index in [-0.39, 0.29) is 69.2 Å². The minimum Gasteiger partial charge on any atom is -0.483 e. The number of hydrogen-bond acceptors (Lipinski definition) is 9. The summed E-state index contributed by atoms with van der Waals surface area (Å²) in [6.07, 6.45) is 7.34. The van der Waals surface area contributed by atoms with Crippen LogP contribution in [0.1, 0.15) is 98.8 Å². The Balaban J connectivity index is 1.16. The number of nitrogens with zero attached hydrogens (tertiary/aromatic N) is 4. The topological polar surface area (TPSA) is 148 Å². The Bertz CT molecular complexity index is 1840. The van der Waals surface area contributed by atoms with Crippen LogP contribution >= 0.6 is 0 Å². The summed E-state index contributed by atoms with van der Waals surface area (Å²) in [6.45, 7) is 6.13. The zero-order chi connectivity index (χ0) is 39.4. The van der Waals surface area contributed by atoms with E-state index in [4.69, 9.17) is 14.2 Å². The molecule has 2 aliphatic heterocycles. The lowest BCUT2D eigenvalue weighted by atomic mass is 10.0. The van der Waals surface area contributed by atoms with Gasteiger partial charge in [0.15, 0.2) is 6.61 Å². The standard InChI is InChI=1S/C43H55N5O8/c1-3-4-25-54-43(53)47-23-21-46(22-24-47)42(52)34(18-19-40(50)56-28-31-11-8-9-12-31)45-41(51)36-27-38(33-17-16-30(2)26-35(33)44-36)55-29-39(49)48-20-10-15-37(48)32-13-6-5-7-14-32/h5-7,13-14,16-17,26-27,31,34,37H,3-4,8-12,15,18-25,28-29H2,1-2H3,(H,45,51)/t34-,37-/m0/s1. The molecule has 13 nitrogen and oxygen atoms in total. The maximum absolute atomic E-state index is 14.0. The van der Waals surface area contributed by atoms with Crippen molar-refractivity contribution < 1.29 is 38.2 Å². The van der Waals surface area contributed by atoms with Crippen molar-refractivity contribution >= 4 is 40.7 Å². The van der Waals surface area contributed by atoms with Crippen LogP contribution in [0.25, 0.3) is 10.9 Å². The van der Waals surface area contributed by atoms with Crippen LogP contribution in [0.2, 0.25) is 0 Å². The van der Waals surface area contributed by atoms with E-state index in [1.165, 1.54) is 6.07 Å². The van der Waals surface area contributed by atoms with Gasteiger partial charge in [0.05, 0.1) is 24.8 Å². The van der Waals surface area contributed by atoms with Crippen LogP contribution in [0, 0.1) is 12.8 Å². The Kier molecular flexibility index (Phi) is 14.2. The highest BCUT2D eigenvalue weighted by Gasteiger charge is 2.33. The molecule has 300 valence electrons. The molecule has 0 bridgehead atoms. The molecule has 1 N–H and O–H groups in total. The van der Waals surface area contributed by atoms with E-state index in [0.717, 1.165) is 62.5 Å². The molecular weight excluding hydrogens is 714 g/mol. The summed E-state index contributed by atoms with van der Waals surface area (Å²) in [5.74, 6) is -0.877. The number of amides is 4. The van der Waals surface area contributed by atoms with Gasteiger partial charge >= 0.3 is 12.1 Å². The highest BCUT2D eigenvalue weighted by Crippen LogP contribution is 2.33. The van der Waals surface area contributed by atoms with E-state index >= 15 is 0 Å². The molecule has 13 heteroatoms. The molecular formula is C43H55N5O8. The number of hydrogen-bond donors (Lipinski definition) is 1. The van der Waals surface area contributed by atoms with Crippen molar-refractivity contribution in [2.45, 2.75) is 90.1 Å². The van der Waals surface area contributed by atoms with Crippen LogP contribution in [0.3, 0.4) is 0 Å². The number of aromatic nitrogens is 1. The van der Waals surface area contributed by atoms with Crippen molar-refractivity contribution in [2.24, 2.45) is 5.92 Å². The highest BCUT2D eigenvalue weighted by molar-refractivity contribution is 5.99. The summed E-state index contributed by atoms with van der Waals surface area (Å²) >= 11 is 0. The quantitative estimate of drug-likeness (QED) is 0.146. The van der Waals surface area contributed by atoms with Crippen LogP contribution in [0.5, 0.6) is 5.75 Å². The molecule has 0 radical (unpaired) electrons. The fraction of sp³-hybridized carbons (Fsp3) is 0.535. The van der Waals surface area contributed by atoms with Crippen LogP contribution in [-0.4, -0.2) is 108 Å². The highest BCUT2D eigenvalue weighted by atomic mass is 16.6.